The topological polar surface area (TPSA) is 34.1 Å². The highest BCUT2D eigenvalue weighted by Gasteiger charge is 2.12. The molecule has 1 heterocycles. The zero-order chi connectivity index (χ0) is 15.2. The number of rotatable bonds is 6. The van der Waals surface area contributed by atoms with Gasteiger partial charge in [-0.2, -0.15) is 0 Å². The van der Waals surface area contributed by atoms with E-state index in [1.165, 1.54) is 5.56 Å². The first-order valence-electron chi connectivity index (χ1n) is 6.85. The van der Waals surface area contributed by atoms with Crippen molar-refractivity contribution in [3.63, 3.8) is 0 Å². The van der Waals surface area contributed by atoms with Crippen LogP contribution in [0.25, 0.3) is 0 Å². The van der Waals surface area contributed by atoms with Gasteiger partial charge in [0.05, 0.1) is 11.1 Å². The molecule has 3 nitrogen and oxygen atoms in total. The molecular formula is C16H18Br2N2O. The van der Waals surface area contributed by atoms with Crippen LogP contribution in [0.4, 0.5) is 0 Å². The third-order valence-corrected chi connectivity index (χ3v) is 4.20. The van der Waals surface area contributed by atoms with E-state index in [1.807, 2.05) is 25.3 Å². The van der Waals surface area contributed by atoms with E-state index in [-0.39, 0.29) is 6.04 Å². The molecule has 0 amide bonds. The summed E-state index contributed by atoms with van der Waals surface area (Å²) in [5, 5.41) is 3.51. The zero-order valence-corrected chi connectivity index (χ0v) is 15.2. The molecule has 1 aromatic heterocycles. The van der Waals surface area contributed by atoms with Crippen molar-refractivity contribution >= 4 is 31.9 Å². The minimum absolute atomic E-state index is 0.228. The van der Waals surface area contributed by atoms with E-state index >= 15 is 0 Å². The Balaban J connectivity index is 2.12. The largest absolute Gasteiger partial charge is 0.492 e. The molecule has 0 unspecified atom stereocenters. The van der Waals surface area contributed by atoms with E-state index in [2.05, 4.69) is 61.2 Å². The summed E-state index contributed by atoms with van der Waals surface area (Å²) in [5.74, 6) is 0.895. The highest BCUT2D eigenvalue weighted by atomic mass is 79.9. The lowest BCUT2D eigenvalue weighted by Gasteiger charge is -2.17. The van der Waals surface area contributed by atoms with E-state index < -0.39 is 0 Å². The van der Waals surface area contributed by atoms with Crippen LogP contribution >= 0.6 is 31.9 Å². The van der Waals surface area contributed by atoms with E-state index in [9.17, 15) is 0 Å². The third-order valence-electron chi connectivity index (χ3n) is 3.16. The lowest BCUT2D eigenvalue weighted by atomic mass is 10.1. The van der Waals surface area contributed by atoms with Gasteiger partial charge in [0.1, 0.15) is 5.75 Å². The average molecular weight is 414 g/mol. The van der Waals surface area contributed by atoms with Crippen LogP contribution in [0.15, 0.2) is 45.6 Å². The Bertz CT molecular complexity index is 590. The van der Waals surface area contributed by atoms with Crippen molar-refractivity contribution in [2.75, 3.05) is 6.61 Å². The van der Waals surface area contributed by atoms with Crippen molar-refractivity contribution in [1.82, 2.24) is 10.3 Å². The number of benzene rings is 1. The van der Waals surface area contributed by atoms with Crippen molar-refractivity contribution < 1.29 is 4.74 Å². The van der Waals surface area contributed by atoms with Gasteiger partial charge in [-0.15, -0.1) is 0 Å². The number of aromatic nitrogens is 1. The van der Waals surface area contributed by atoms with Gasteiger partial charge in [-0.3, -0.25) is 4.98 Å². The summed E-state index contributed by atoms with van der Waals surface area (Å²) in [6.45, 7) is 5.49. The van der Waals surface area contributed by atoms with Gasteiger partial charge in [0.15, 0.2) is 0 Å². The predicted molar refractivity (Wildman–Crippen MR) is 92.5 cm³/mol. The summed E-state index contributed by atoms with van der Waals surface area (Å²) < 4.78 is 7.73. The molecule has 2 rings (SSSR count). The highest BCUT2D eigenvalue weighted by molar-refractivity contribution is 9.11. The Hall–Kier alpha value is -0.910. The molecule has 21 heavy (non-hydrogen) atoms. The molecule has 112 valence electrons. The number of hydrogen-bond donors (Lipinski definition) is 1. The number of halogens is 2. The van der Waals surface area contributed by atoms with Gasteiger partial charge in [0.25, 0.3) is 0 Å². The molecule has 0 spiro atoms. The molecular weight excluding hydrogens is 396 g/mol. The number of ether oxygens (including phenoxy) is 1. The van der Waals surface area contributed by atoms with Crippen LogP contribution in [0.2, 0.25) is 0 Å². The molecule has 0 aliphatic rings. The van der Waals surface area contributed by atoms with Crippen LogP contribution in [0, 0.1) is 0 Å². The molecule has 2 aromatic rings. The fourth-order valence-electron chi connectivity index (χ4n) is 2.06. The zero-order valence-electron chi connectivity index (χ0n) is 12.1. The first kappa shape index (κ1) is 16.5. The van der Waals surface area contributed by atoms with Gasteiger partial charge >= 0.3 is 0 Å². The summed E-state index contributed by atoms with van der Waals surface area (Å²) in [6.07, 6.45) is 3.67. The normalized spacial score (nSPS) is 12.2. The standard InChI is InChI=1S/C16H18Br2N2O/c1-3-21-16-13(7-14(17)8-15(16)18)10-20-11(2)12-5-4-6-19-9-12/h4-9,11,20H,3,10H2,1-2H3/t11-/m1/s1. The van der Waals surface area contributed by atoms with Gasteiger partial charge in [-0.1, -0.05) is 22.0 Å². The van der Waals surface area contributed by atoms with E-state index in [0.29, 0.717) is 6.61 Å². The minimum Gasteiger partial charge on any atom is -0.492 e. The maximum Gasteiger partial charge on any atom is 0.138 e. The minimum atomic E-state index is 0.228. The lowest BCUT2D eigenvalue weighted by molar-refractivity contribution is 0.332. The van der Waals surface area contributed by atoms with Gasteiger partial charge in [0, 0.05) is 35.0 Å². The summed E-state index contributed by atoms with van der Waals surface area (Å²) in [5.41, 5.74) is 2.29. The second-order valence-corrected chi connectivity index (χ2v) is 6.47. The molecule has 0 aliphatic heterocycles. The first-order valence-corrected chi connectivity index (χ1v) is 8.44. The maximum absolute atomic E-state index is 5.74. The molecule has 0 saturated carbocycles. The summed E-state index contributed by atoms with van der Waals surface area (Å²) >= 11 is 7.08. The first-order chi connectivity index (χ1) is 10.1. The smallest absolute Gasteiger partial charge is 0.138 e. The number of nitrogens with zero attached hydrogens (tertiary/aromatic N) is 1. The summed E-state index contributed by atoms with van der Waals surface area (Å²) in [6, 6.07) is 8.34. The van der Waals surface area contributed by atoms with Crippen molar-refractivity contribution in [3.05, 3.63) is 56.7 Å². The summed E-state index contributed by atoms with van der Waals surface area (Å²) in [4.78, 5) is 4.16. The highest BCUT2D eigenvalue weighted by Crippen LogP contribution is 2.33. The molecule has 5 heteroatoms. The Kier molecular flexibility index (Phi) is 6.21. The van der Waals surface area contributed by atoms with Gasteiger partial charge < -0.3 is 10.1 Å². The molecule has 0 radical (unpaired) electrons. The second-order valence-electron chi connectivity index (χ2n) is 4.70. The van der Waals surface area contributed by atoms with Crippen molar-refractivity contribution in [2.45, 2.75) is 26.4 Å². The SMILES string of the molecule is CCOc1c(Br)cc(Br)cc1CN[C@H](C)c1cccnc1. The van der Waals surface area contributed by atoms with Crippen LogP contribution in [0.1, 0.15) is 31.0 Å². The number of pyridine rings is 1. The van der Waals surface area contributed by atoms with E-state index in [0.717, 1.165) is 26.8 Å². The van der Waals surface area contributed by atoms with Crippen LogP contribution in [-0.4, -0.2) is 11.6 Å². The Morgan fingerprint density at radius 2 is 2.14 bits per heavy atom. The Morgan fingerprint density at radius 3 is 2.81 bits per heavy atom. The van der Waals surface area contributed by atoms with Gasteiger partial charge in [0.2, 0.25) is 0 Å². The molecule has 0 aliphatic carbocycles. The van der Waals surface area contributed by atoms with Crippen molar-refractivity contribution in [2.24, 2.45) is 0 Å². The summed E-state index contributed by atoms with van der Waals surface area (Å²) in [7, 11) is 0. The van der Waals surface area contributed by atoms with E-state index in [1.54, 1.807) is 6.20 Å². The van der Waals surface area contributed by atoms with Crippen LogP contribution in [0.5, 0.6) is 5.75 Å². The fourth-order valence-corrected chi connectivity index (χ4v) is 3.49. The van der Waals surface area contributed by atoms with Crippen LogP contribution in [0.3, 0.4) is 0 Å². The van der Waals surface area contributed by atoms with Gasteiger partial charge in [-0.05, 0) is 53.5 Å². The molecule has 1 N–H and O–H groups in total. The number of nitrogens with one attached hydrogen (secondary N) is 1. The van der Waals surface area contributed by atoms with Crippen molar-refractivity contribution in [3.8, 4) is 5.75 Å². The van der Waals surface area contributed by atoms with Crippen LogP contribution in [-0.2, 0) is 6.54 Å². The third kappa shape index (κ3) is 4.53. The van der Waals surface area contributed by atoms with Gasteiger partial charge in [-0.25, -0.2) is 0 Å². The van der Waals surface area contributed by atoms with Crippen molar-refractivity contribution in [1.29, 1.82) is 0 Å². The average Bonchev–Trinajstić information content (AvgIpc) is 2.48. The lowest BCUT2D eigenvalue weighted by Crippen LogP contribution is -2.19. The number of hydrogen-bond acceptors (Lipinski definition) is 3. The molecule has 0 bridgehead atoms. The maximum atomic E-state index is 5.74. The predicted octanol–water partition coefficient (Wildman–Crippen LogP) is 4.86. The molecule has 0 saturated heterocycles. The molecule has 0 fully saturated rings. The quantitative estimate of drug-likeness (QED) is 0.734. The Labute approximate surface area is 142 Å². The molecule has 1 aromatic carbocycles. The second kappa shape index (κ2) is 7.92. The Morgan fingerprint density at radius 1 is 1.33 bits per heavy atom. The fraction of sp³-hybridized carbons (Fsp3) is 0.312. The van der Waals surface area contributed by atoms with Crippen LogP contribution < -0.4 is 10.1 Å². The molecule has 1 atom stereocenters. The van der Waals surface area contributed by atoms with E-state index in [4.69, 9.17) is 4.74 Å². The monoisotopic (exact) mass is 412 g/mol.